The predicted octanol–water partition coefficient (Wildman–Crippen LogP) is 3.20. The van der Waals surface area contributed by atoms with Gasteiger partial charge in [0.25, 0.3) is 0 Å². The van der Waals surface area contributed by atoms with Gasteiger partial charge in [0.05, 0.1) is 11.7 Å². The molecule has 1 aliphatic rings. The molecule has 2 aromatic rings. The summed E-state index contributed by atoms with van der Waals surface area (Å²) < 4.78 is 27.0. The van der Waals surface area contributed by atoms with Crippen molar-refractivity contribution in [3.8, 4) is 0 Å². The zero-order valence-electron chi connectivity index (χ0n) is 12.9. The summed E-state index contributed by atoms with van der Waals surface area (Å²) in [5, 5.41) is 0. The molecule has 1 amide bonds. The predicted molar refractivity (Wildman–Crippen MR) is 85.0 cm³/mol. The first kappa shape index (κ1) is 15.6. The van der Waals surface area contributed by atoms with Gasteiger partial charge in [0.2, 0.25) is 5.91 Å². The molecule has 0 aromatic heterocycles. The maximum Gasteiger partial charge on any atom is 0.244 e. The maximum absolute atomic E-state index is 13.9. The number of carbonyl (C=O) groups excluding carboxylic acids is 1. The molecule has 0 N–H and O–H groups in total. The Morgan fingerprint density at radius 2 is 1.83 bits per heavy atom. The Morgan fingerprint density at radius 3 is 2.52 bits per heavy atom. The lowest BCUT2D eigenvalue weighted by molar-refractivity contribution is -0.125. The topological polar surface area (TPSA) is 23.6 Å². The van der Waals surface area contributed by atoms with Crippen molar-refractivity contribution in [1.29, 1.82) is 0 Å². The summed E-state index contributed by atoms with van der Waals surface area (Å²) in [6, 6.07) is 12.9. The molecule has 0 bridgehead atoms. The fourth-order valence-electron chi connectivity index (χ4n) is 2.89. The average Bonchev–Trinajstić information content (AvgIpc) is 2.54. The lowest BCUT2D eigenvalue weighted by atomic mass is 10.1. The molecule has 3 rings (SSSR count). The number of nitrogens with zero attached hydrogens (tertiary/aromatic N) is 2. The first-order chi connectivity index (χ1) is 11.1. The van der Waals surface area contributed by atoms with E-state index in [2.05, 4.69) is 4.90 Å². The van der Waals surface area contributed by atoms with Gasteiger partial charge in [0.15, 0.2) is 0 Å². The lowest BCUT2D eigenvalue weighted by Crippen LogP contribution is -2.55. The molecule has 3 nitrogen and oxygen atoms in total. The fourth-order valence-corrected chi connectivity index (χ4v) is 2.89. The van der Waals surface area contributed by atoms with Crippen LogP contribution in [0.1, 0.15) is 12.5 Å². The highest BCUT2D eigenvalue weighted by Crippen LogP contribution is 2.25. The smallest absolute Gasteiger partial charge is 0.244 e. The molecule has 5 heteroatoms. The van der Waals surface area contributed by atoms with E-state index in [9.17, 15) is 13.6 Å². The molecule has 0 spiro atoms. The van der Waals surface area contributed by atoms with Gasteiger partial charge in [-0.2, -0.15) is 0 Å². The van der Waals surface area contributed by atoms with Gasteiger partial charge in [-0.05, 0) is 24.6 Å². The van der Waals surface area contributed by atoms with Gasteiger partial charge in [-0.1, -0.05) is 30.3 Å². The first-order valence-corrected chi connectivity index (χ1v) is 7.60. The second-order valence-electron chi connectivity index (χ2n) is 5.72. The summed E-state index contributed by atoms with van der Waals surface area (Å²) in [5.41, 5.74) is 1.27. The molecule has 0 radical (unpaired) electrons. The number of hydrogen-bond acceptors (Lipinski definition) is 2. The highest BCUT2D eigenvalue weighted by molar-refractivity contribution is 5.97. The van der Waals surface area contributed by atoms with Crippen molar-refractivity contribution in [2.45, 2.75) is 19.5 Å². The van der Waals surface area contributed by atoms with Crippen molar-refractivity contribution in [1.82, 2.24) is 4.90 Å². The minimum atomic E-state index is -0.706. The van der Waals surface area contributed by atoms with Gasteiger partial charge in [-0.3, -0.25) is 9.69 Å². The maximum atomic E-state index is 13.9. The third-order valence-electron chi connectivity index (χ3n) is 4.21. The standard InChI is InChI=1S/C18H18F2N2O/c1-13-18(23)22(17-8-7-15(19)11-16(17)20)10-9-21(13)12-14-5-3-2-4-6-14/h2-8,11,13H,9-10,12H2,1H3/t13-/m1/s1. The molecular weight excluding hydrogens is 298 g/mol. The van der Waals surface area contributed by atoms with Crippen LogP contribution < -0.4 is 4.90 Å². The van der Waals surface area contributed by atoms with E-state index in [1.807, 2.05) is 37.3 Å². The molecule has 1 fully saturated rings. The van der Waals surface area contributed by atoms with E-state index in [1.165, 1.54) is 17.0 Å². The molecule has 1 heterocycles. The summed E-state index contributed by atoms with van der Waals surface area (Å²) in [5.74, 6) is -1.52. The Balaban J connectivity index is 1.76. The third-order valence-corrected chi connectivity index (χ3v) is 4.21. The zero-order chi connectivity index (χ0) is 16.4. The number of carbonyl (C=O) groups is 1. The largest absolute Gasteiger partial charge is 0.307 e. The molecule has 23 heavy (non-hydrogen) atoms. The fraction of sp³-hybridized carbons (Fsp3) is 0.278. The van der Waals surface area contributed by atoms with Gasteiger partial charge < -0.3 is 4.90 Å². The van der Waals surface area contributed by atoms with Gasteiger partial charge >= 0.3 is 0 Å². The van der Waals surface area contributed by atoms with Gasteiger partial charge in [0.1, 0.15) is 11.6 Å². The van der Waals surface area contributed by atoms with Crippen LogP contribution in [-0.2, 0) is 11.3 Å². The van der Waals surface area contributed by atoms with Crippen LogP contribution in [0.2, 0.25) is 0 Å². The van der Waals surface area contributed by atoms with Crippen LogP contribution in [0.3, 0.4) is 0 Å². The molecule has 2 aromatic carbocycles. The van der Waals surface area contributed by atoms with Crippen LogP contribution in [0.25, 0.3) is 0 Å². The molecule has 0 saturated carbocycles. The Kier molecular flexibility index (Phi) is 4.39. The van der Waals surface area contributed by atoms with Crippen LogP contribution in [0.5, 0.6) is 0 Å². The minimum Gasteiger partial charge on any atom is -0.307 e. The molecule has 1 atom stereocenters. The summed E-state index contributed by atoms with van der Waals surface area (Å²) in [7, 11) is 0. The van der Waals surface area contributed by atoms with Crippen molar-refractivity contribution < 1.29 is 13.6 Å². The van der Waals surface area contributed by atoms with E-state index in [1.54, 1.807) is 0 Å². The Morgan fingerprint density at radius 1 is 1.09 bits per heavy atom. The normalized spacial score (nSPS) is 19.2. The van der Waals surface area contributed by atoms with E-state index in [4.69, 9.17) is 0 Å². The van der Waals surface area contributed by atoms with Crippen molar-refractivity contribution in [2.75, 3.05) is 18.0 Å². The molecule has 1 saturated heterocycles. The molecule has 120 valence electrons. The summed E-state index contributed by atoms with van der Waals surface area (Å²) in [6.07, 6.45) is 0. The number of halogens is 2. The number of amides is 1. The van der Waals surface area contributed by atoms with Crippen LogP contribution >= 0.6 is 0 Å². The summed E-state index contributed by atoms with van der Waals surface area (Å²) in [6.45, 7) is 3.52. The molecule has 0 aliphatic carbocycles. The van der Waals surface area contributed by atoms with Crippen LogP contribution in [0.4, 0.5) is 14.5 Å². The Labute approximate surface area is 134 Å². The van der Waals surface area contributed by atoms with E-state index in [-0.39, 0.29) is 17.6 Å². The monoisotopic (exact) mass is 316 g/mol. The van der Waals surface area contributed by atoms with E-state index in [0.29, 0.717) is 19.6 Å². The van der Waals surface area contributed by atoms with Crippen molar-refractivity contribution in [3.05, 3.63) is 65.7 Å². The Bertz CT molecular complexity index is 705. The lowest BCUT2D eigenvalue weighted by Gasteiger charge is -2.39. The van der Waals surface area contributed by atoms with Gasteiger partial charge in [-0.25, -0.2) is 8.78 Å². The van der Waals surface area contributed by atoms with Crippen LogP contribution in [-0.4, -0.2) is 29.9 Å². The number of benzene rings is 2. The number of piperazine rings is 1. The second kappa shape index (κ2) is 6.46. The van der Waals surface area contributed by atoms with E-state index in [0.717, 1.165) is 11.6 Å². The quantitative estimate of drug-likeness (QED) is 0.868. The first-order valence-electron chi connectivity index (χ1n) is 7.60. The second-order valence-corrected chi connectivity index (χ2v) is 5.72. The van der Waals surface area contributed by atoms with Crippen molar-refractivity contribution in [2.24, 2.45) is 0 Å². The number of rotatable bonds is 3. The number of anilines is 1. The van der Waals surface area contributed by atoms with Crippen molar-refractivity contribution in [3.63, 3.8) is 0 Å². The summed E-state index contributed by atoms with van der Waals surface area (Å²) in [4.78, 5) is 16.1. The van der Waals surface area contributed by atoms with Crippen LogP contribution in [0, 0.1) is 11.6 Å². The molecular formula is C18H18F2N2O. The molecule has 1 aliphatic heterocycles. The van der Waals surface area contributed by atoms with Crippen molar-refractivity contribution >= 4 is 11.6 Å². The van der Waals surface area contributed by atoms with Gasteiger partial charge in [0, 0.05) is 25.7 Å². The third kappa shape index (κ3) is 3.24. The zero-order valence-corrected chi connectivity index (χ0v) is 12.9. The van der Waals surface area contributed by atoms with Gasteiger partial charge in [-0.15, -0.1) is 0 Å². The Hall–Kier alpha value is -2.27. The summed E-state index contributed by atoms with van der Waals surface area (Å²) >= 11 is 0. The highest BCUT2D eigenvalue weighted by Gasteiger charge is 2.33. The minimum absolute atomic E-state index is 0.141. The van der Waals surface area contributed by atoms with Crippen LogP contribution in [0.15, 0.2) is 48.5 Å². The molecule has 0 unspecified atom stereocenters. The van der Waals surface area contributed by atoms with E-state index >= 15 is 0 Å². The SMILES string of the molecule is C[C@@H]1C(=O)N(c2ccc(F)cc2F)CCN1Cc1ccccc1. The van der Waals surface area contributed by atoms with E-state index < -0.39 is 11.6 Å². The number of hydrogen-bond donors (Lipinski definition) is 0. The average molecular weight is 316 g/mol. The highest BCUT2D eigenvalue weighted by atomic mass is 19.1.